The number of fused-ring (bicyclic) bond motifs is 10. The first-order chi connectivity index (χ1) is 7.84. The Morgan fingerprint density at radius 3 is 1.47 bits per heavy atom. The van der Waals surface area contributed by atoms with E-state index in [2.05, 4.69) is 45.7 Å². The van der Waals surface area contributed by atoms with Crippen LogP contribution >= 0.6 is 31.9 Å². The van der Waals surface area contributed by atoms with Crippen molar-refractivity contribution in [2.24, 2.45) is 0 Å². The van der Waals surface area contributed by atoms with E-state index >= 15 is 0 Å². The standard InChI is InChI=1S/C9H12Br.C5H4Br.Fe/c1-3-7-5-6-8(4-2)9(7)10;6-5-3-1-2-4-5;/h5-6H,3-4H2,1-2H3;1-4H;. The van der Waals surface area contributed by atoms with Crippen LogP contribution in [-0.4, -0.2) is 6.45 Å². The number of hydrogen-bond donors (Lipinski definition) is 0. The predicted octanol–water partition coefficient (Wildman–Crippen LogP) is 5.54. The topological polar surface area (TPSA) is 0 Å². The fourth-order valence-corrected chi connectivity index (χ4v) is 126. The van der Waals surface area contributed by atoms with Crippen LogP contribution in [0, 0.1) is 0 Å². The van der Waals surface area contributed by atoms with Crippen LogP contribution < -0.4 is 0 Å². The molecule has 1 spiro atoms. The molecule has 0 aliphatic carbocycles. The van der Waals surface area contributed by atoms with Crippen LogP contribution in [0.3, 0.4) is 0 Å². The molecule has 10 aliphatic rings. The van der Waals surface area contributed by atoms with Gasteiger partial charge in [0, 0.05) is 0 Å². The molecule has 10 aliphatic heterocycles. The second-order valence-electron chi connectivity index (χ2n) is 10.8. The van der Waals surface area contributed by atoms with Crippen LogP contribution in [-0.2, 0) is 6.51 Å². The molecule has 3 heteroatoms. The number of rotatable bonds is 2. The van der Waals surface area contributed by atoms with Crippen molar-refractivity contribution in [3.63, 3.8) is 0 Å². The quantitative estimate of drug-likeness (QED) is 0.422. The summed E-state index contributed by atoms with van der Waals surface area (Å²) in [7, 11) is 0. The Morgan fingerprint density at radius 1 is 0.882 bits per heavy atom. The molecule has 10 fully saturated rings. The maximum absolute atomic E-state index is 4.57. The van der Waals surface area contributed by atoms with Crippen LogP contribution in [0.2, 0.25) is 37.5 Å². The molecule has 0 aromatic heterocycles. The van der Waals surface area contributed by atoms with Crippen LogP contribution in [0.25, 0.3) is 0 Å². The molecule has 0 nitrogen and oxygen atoms in total. The van der Waals surface area contributed by atoms with Crippen LogP contribution in [0.1, 0.15) is 26.7 Å². The molecule has 8 unspecified atom stereocenters. The summed E-state index contributed by atoms with van der Waals surface area (Å²) >= 11 is 9.06. The van der Waals surface area contributed by atoms with E-state index < -0.39 is 6.51 Å². The minimum atomic E-state index is -3.22. The molecule has 94 valence electrons. The Hall–Kier alpha value is 1.48. The van der Waals surface area contributed by atoms with Crippen LogP contribution in [0.5, 0.6) is 0 Å². The fourth-order valence-electron chi connectivity index (χ4n) is 19.5. The average molecular weight is 400 g/mol. The van der Waals surface area contributed by atoms with Gasteiger partial charge >= 0.3 is 109 Å². The Bertz CT molecular complexity index is 1060. The Kier molecular flexibility index (Phi) is 0.255. The molecule has 8 atom stereocenters. The van der Waals surface area contributed by atoms with Gasteiger partial charge in [0.05, 0.1) is 0 Å². The first kappa shape index (κ1) is 7.48. The summed E-state index contributed by atoms with van der Waals surface area (Å²) in [5.74, 6) is 0. The van der Waals surface area contributed by atoms with Crippen molar-refractivity contribution in [3.8, 4) is 0 Å². The molecule has 0 bridgehead atoms. The zero-order chi connectivity index (χ0) is 11.2. The third kappa shape index (κ3) is 0.0613. The minimum absolute atomic E-state index is 0.814. The van der Waals surface area contributed by atoms with Crippen molar-refractivity contribution in [1.82, 2.24) is 0 Å². The van der Waals surface area contributed by atoms with E-state index in [4.69, 9.17) is 0 Å². The van der Waals surface area contributed by atoms with E-state index in [1.807, 2.05) is 0 Å². The first-order valence-electron chi connectivity index (χ1n) is 7.42. The van der Waals surface area contributed by atoms with Gasteiger partial charge in [-0.25, -0.2) is 0 Å². The van der Waals surface area contributed by atoms with E-state index in [0.717, 1.165) is 15.1 Å². The summed E-state index contributed by atoms with van der Waals surface area (Å²) in [6.45, 7) is 1.90. The number of hydrogen-bond acceptors (Lipinski definition) is 0. The zero-order valence-electron chi connectivity index (χ0n) is 9.99. The van der Waals surface area contributed by atoms with Gasteiger partial charge in [0.25, 0.3) is 0 Å². The van der Waals surface area contributed by atoms with E-state index in [0.29, 0.717) is 0 Å². The van der Waals surface area contributed by atoms with Gasteiger partial charge in [-0.3, -0.25) is 0 Å². The van der Waals surface area contributed by atoms with Crippen molar-refractivity contribution in [2.75, 3.05) is 0 Å². The summed E-state index contributed by atoms with van der Waals surface area (Å²) in [4.78, 5) is 8.13. The third-order valence-electron chi connectivity index (χ3n) is 16.4. The molecule has 10 rings (SSSR count). The van der Waals surface area contributed by atoms with Gasteiger partial charge in [-0.15, -0.1) is 0 Å². The van der Waals surface area contributed by atoms with Gasteiger partial charge in [0.1, 0.15) is 0 Å². The summed E-state index contributed by atoms with van der Waals surface area (Å²) in [5, 5.41) is 0. The van der Waals surface area contributed by atoms with E-state index in [-0.39, 0.29) is 0 Å². The second-order valence-corrected chi connectivity index (χ2v) is 37.4. The van der Waals surface area contributed by atoms with Gasteiger partial charge in [-0.1, -0.05) is 0 Å². The monoisotopic (exact) mass is 398 g/mol. The molecular formula is C14H16Br2Fe. The van der Waals surface area contributed by atoms with Crippen molar-refractivity contribution >= 4 is 31.9 Å². The summed E-state index contributed by atoms with van der Waals surface area (Å²) in [5.41, 5.74) is 0. The number of halogens is 2. The van der Waals surface area contributed by atoms with E-state index in [9.17, 15) is 0 Å². The maximum atomic E-state index is 4.57. The first-order valence-corrected chi connectivity index (χ1v) is 15.0. The van der Waals surface area contributed by atoms with Crippen molar-refractivity contribution in [2.45, 2.75) is 70.7 Å². The SMILES string of the molecule is CC[C]12[CH]3[CH]4[C]5(CC)[C]1(Br)[Fe]34251678[CH]2[CH]1[CH]6[C]7(Br)[CH]28. The molecule has 17 heavy (non-hydrogen) atoms. The molecule has 0 saturated carbocycles. The van der Waals surface area contributed by atoms with Gasteiger partial charge in [-0.05, 0) is 0 Å². The van der Waals surface area contributed by atoms with Gasteiger partial charge < -0.3 is 0 Å². The molecular weight excluding hydrogens is 384 g/mol. The molecule has 0 aromatic carbocycles. The average Bonchev–Trinajstić information content (AvgIpc) is 3.26. The van der Waals surface area contributed by atoms with Crippen LogP contribution in [0.4, 0.5) is 0 Å². The van der Waals surface area contributed by atoms with Gasteiger partial charge in [-0.2, -0.15) is 0 Å². The van der Waals surface area contributed by atoms with Crippen molar-refractivity contribution in [1.29, 1.82) is 0 Å². The fraction of sp³-hybridized carbons (Fsp3) is 1.00. The van der Waals surface area contributed by atoms with E-state index in [1.165, 1.54) is 28.9 Å². The summed E-state index contributed by atoms with van der Waals surface area (Å²) < 4.78 is 3.60. The molecule has 0 radical (unpaired) electrons. The third-order valence-corrected chi connectivity index (χ3v) is 75.7. The Balaban J connectivity index is 1.84. The van der Waals surface area contributed by atoms with Crippen molar-refractivity contribution < 1.29 is 6.51 Å². The number of alkyl halides is 2. The molecule has 0 aromatic rings. The molecule has 10 heterocycles. The van der Waals surface area contributed by atoms with Gasteiger partial charge in [0.15, 0.2) is 0 Å². The molecule has 0 N–H and O–H groups in total. The molecule has 10 saturated heterocycles. The molecule has 0 amide bonds. The Morgan fingerprint density at radius 2 is 1.35 bits per heavy atom. The van der Waals surface area contributed by atoms with E-state index in [1.54, 1.807) is 12.8 Å². The van der Waals surface area contributed by atoms with Crippen molar-refractivity contribution in [3.05, 3.63) is 0 Å². The van der Waals surface area contributed by atoms with Crippen LogP contribution in [0.15, 0.2) is 0 Å². The Labute approximate surface area is 108 Å². The summed E-state index contributed by atoms with van der Waals surface area (Å²) in [6, 6.07) is 0. The van der Waals surface area contributed by atoms with Gasteiger partial charge in [0.2, 0.25) is 0 Å². The second kappa shape index (κ2) is 0.580. The zero-order valence-corrected chi connectivity index (χ0v) is 14.3. The summed E-state index contributed by atoms with van der Waals surface area (Å²) in [6.07, 6.45) is 3.12. The predicted molar refractivity (Wildman–Crippen MR) is 71.8 cm³/mol. The normalized spacial score (nSPS) is 132.